The van der Waals surface area contributed by atoms with Crippen molar-refractivity contribution in [3.05, 3.63) is 77.9 Å². The third-order valence-electron chi connectivity index (χ3n) is 6.45. The number of primary amides is 1. The Hall–Kier alpha value is -4.25. The van der Waals surface area contributed by atoms with Crippen molar-refractivity contribution in [3.63, 3.8) is 0 Å². The van der Waals surface area contributed by atoms with Gasteiger partial charge in [-0.15, -0.1) is 0 Å². The highest BCUT2D eigenvalue weighted by molar-refractivity contribution is 7.92. The van der Waals surface area contributed by atoms with E-state index in [9.17, 15) is 18.0 Å². The lowest BCUT2D eigenvalue weighted by Gasteiger charge is -2.29. The van der Waals surface area contributed by atoms with Gasteiger partial charge in [0.25, 0.3) is 10.0 Å². The third kappa shape index (κ3) is 5.10. The Bertz CT molecular complexity index is 1440. The van der Waals surface area contributed by atoms with Gasteiger partial charge in [0.1, 0.15) is 24.1 Å². The molecular formula is C27H29N3O7S. The van der Waals surface area contributed by atoms with Gasteiger partial charge >= 0.3 is 5.97 Å². The molecule has 0 aromatic heterocycles. The van der Waals surface area contributed by atoms with Crippen LogP contribution in [0.5, 0.6) is 11.5 Å². The Morgan fingerprint density at radius 2 is 1.66 bits per heavy atom. The normalized spacial score (nSPS) is 13.4. The Balaban J connectivity index is 1.80. The molecule has 200 valence electrons. The maximum Gasteiger partial charge on any atom is 0.326 e. The van der Waals surface area contributed by atoms with Crippen LogP contribution in [0, 0.1) is 0 Å². The first-order valence-electron chi connectivity index (χ1n) is 11.8. The molecular weight excluding hydrogens is 510 g/mol. The fourth-order valence-electron chi connectivity index (χ4n) is 4.61. The van der Waals surface area contributed by atoms with Crippen molar-refractivity contribution in [2.24, 2.45) is 5.73 Å². The van der Waals surface area contributed by atoms with Crippen LogP contribution in [0.3, 0.4) is 0 Å². The molecule has 0 radical (unpaired) electrons. The predicted molar refractivity (Wildman–Crippen MR) is 142 cm³/mol. The lowest BCUT2D eigenvalue weighted by atomic mass is 10.0. The van der Waals surface area contributed by atoms with E-state index in [0.717, 1.165) is 4.31 Å². The van der Waals surface area contributed by atoms with Gasteiger partial charge in [0.05, 0.1) is 31.9 Å². The Labute approximate surface area is 221 Å². The van der Waals surface area contributed by atoms with E-state index in [4.69, 9.17) is 19.9 Å². The average Bonchev–Trinajstić information content (AvgIpc) is 3.35. The van der Waals surface area contributed by atoms with Crippen molar-refractivity contribution in [1.29, 1.82) is 0 Å². The molecule has 2 N–H and O–H groups in total. The molecule has 1 unspecified atom stereocenters. The number of ether oxygens (including phenoxy) is 3. The van der Waals surface area contributed by atoms with Gasteiger partial charge < -0.3 is 24.8 Å². The predicted octanol–water partition coefficient (Wildman–Crippen LogP) is 2.66. The summed E-state index contributed by atoms with van der Waals surface area (Å²) < 4.78 is 43.9. The molecule has 0 saturated carbocycles. The fourth-order valence-corrected chi connectivity index (χ4v) is 6.05. The van der Waals surface area contributed by atoms with Crippen LogP contribution in [0.2, 0.25) is 0 Å². The number of fused-ring (bicyclic) bond motifs is 1. The van der Waals surface area contributed by atoms with Crippen LogP contribution >= 0.6 is 0 Å². The summed E-state index contributed by atoms with van der Waals surface area (Å²) in [7, 11) is 0.0467. The second-order valence-corrected chi connectivity index (χ2v) is 10.4. The van der Waals surface area contributed by atoms with Crippen molar-refractivity contribution in [2.75, 3.05) is 43.6 Å². The SMILES string of the molecule is COC(=O)CN(c1cccc2c1CCN2C(C(N)=O)c1cccc(OC)c1)S(=O)(=O)c1ccc(OC)cc1. The van der Waals surface area contributed by atoms with E-state index in [-0.39, 0.29) is 4.90 Å². The molecule has 1 heterocycles. The molecule has 0 aliphatic carbocycles. The van der Waals surface area contributed by atoms with Gasteiger partial charge in [-0.2, -0.15) is 0 Å². The van der Waals surface area contributed by atoms with E-state index in [2.05, 4.69) is 0 Å². The highest BCUT2D eigenvalue weighted by atomic mass is 32.2. The molecule has 3 aromatic rings. The van der Waals surface area contributed by atoms with Crippen LogP contribution in [0.25, 0.3) is 0 Å². The van der Waals surface area contributed by atoms with Gasteiger partial charge in [-0.1, -0.05) is 18.2 Å². The second kappa shape index (κ2) is 11.0. The van der Waals surface area contributed by atoms with E-state index in [1.165, 1.54) is 45.6 Å². The number of benzene rings is 3. The van der Waals surface area contributed by atoms with Crippen molar-refractivity contribution in [2.45, 2.75) is 17.4 Å². The number of esters is 1. The monoisotopic (exact) mass is 539 g/mol. The van der Waals surface area contributed by atoms with Crippen LogP contribution in [-0.2, 0) is 30.8 Å². The highest BCUT2D eigenvalue weighted by Crippen LogP contribution is 2.41. The summed E-state index contributed by atoms with van der Waals surface area (Å²) in [6.07, 6.45) is 0.426. The van der Waals surface area contributed by atoms with E-state index < -0.39 is 34.5 Å². The second-order valence-electron chi connectivity index (χ2n) is 8.56. The Kier molecular flexibility index (Phi) is 7.77. The van der Waals surface area contributed by atoms with E-state index >= 15 is 0 Å². The lowest BCUT2D eigenvalue weighted by molar-refractivity contribution is -0.138. The van der Waals surface area contributed by atoms with Crippen molar-refractivity contribution in [1.82, 2.24) is 0 Å². The van der Waals surface area contributed by atoms with Crippen molar-refractivity contribution in [3.8, 4) is 11.5 Å². The Morgan fingerprint density at radius 1 is 0.974 bits per heavy atom. The maximum atomic E-state index is 13.8. The summed E-state index contributed by atoms with van der Waals surface area (Å²) in [4.78, 5) is 26.8. The zero-order valence-electron chi connectivity index (χ0n) is 21.3. The number of carbonyl (C=O) groups excluding carboxylic acids is 2. The molecule has 10 nitrogen and oxygen atoms in total. The maximum absolute atomic E-state index is 13.8. The van der Waals surface area contributed by atoms with E-state index in [0.29, 0.717) is 47.0 Å². The largest absolute Gasteiger partial charge is 0.497 e. The number of anilines is 2. The minimum absolute atomic E-state index is 0.0129. The molecule has 38 heavy (non-hydrogen) atoms. The summed E-state index contributed by atoms with van der Waals surface area (Å²) in [5.74, 6) is -0.207. The van der Waals surface area contributed by atoms with Crippen LogP contribution in [0.15, 0.2) is 71.6 Å². The van der Waals surface area contributed by atoms with Gasteiger partial charge in [-0.25, -0.2) is 8.42 Å². The van der Waals surface area contributed by atoms with Gasteiger partial charge in [0, 0.05) is 17.8 Å². The highest BCUT2D eigenvalue weighted by Gasteiger charge is 2.36. The smallest absolute Gasteiger partial charge is 0.326 e. The number of methoxy groups -OCH3 is 3. The first-order chi connectivity index (χ1) is 18.2. The Morgan fingerprint density at radius 3 is 2.29 bits per heavy atom. The van der Waals surface area contributed by atoms with Crippen LogP contribution in [-0.4, -0.2) is 54.7 Å². The average molecular weight is 540 g/mol. The molecule has 1 atom stereocenters. The zero-order valence-corrected chi connectivity index (χ0v) is 22.1. The number of hydrogen-bond acceptors (Lipinski definition) is 8. The zero-order chi connectivity index (χ0) is 27.4. The standard InChI is InChI=1S/C27H29N3O7S/c1-35-19-10-12-21(13-11-19)38(33,34)30(17-25(31)37-3)24-9-5-8-23-22(24)14-15-29(23)26(27(28)32)18-6-4-7-20(16-18)36-2/h4-13,16,26H,14-15,17H2,1-3H3,(H2,28,32). The molecule has 1 amide bonds. The lowest BCUT2D eigenvalue weighted by Crippen LogP contribution is -2.37. The van der Waals surface area contributed by atoms with Gasteiger partial charge in [-0.05, 0) is 60.5 Å². The van der Waals surface area contributed by atoms with Gasteiger partial charge in [0.2, 0.25) is 5.91 Å². The molecule has 11 heteroatoms. The molecule has 1 aliphatic heterocycles. The molecule has 4 rings (SSSR count). The van der Waals surface area contributed by atoms with Gasteiger partial charge in [-0.3, -0.25) is 13.9 Å². The molecule has 0 bridgehead atoms. The molecule has 0 fully saturated rings. The minimum Gasteiger partial charge on any atom is -0.497 e. The number of carbonyl (C=O) groups is 2. The number of nitrogens with zero attached hydrogens (tertiary/aromatic N) is 2. The first-order valence-corrected chi connectivity index (χ1v) is 13.2. The minimum atomic E-state index is -4.17. The van der Waals surface area contributed by atoms with E-state index in [1.54, 1.807) is 42.5 Å². The van der Waals surface area contributed by atoms with E-state index in [1.807, 2.05) is 4.90 Å². The van der Waals surface area contributed by atoms with Gasteiger partial charge in [0.15, 0.2) is 0 Å². The van der Waals surface area contributed by atoms with Crippen LogP contribution in [0.4, 0.5) is 11.4 Å². The summed E-state index contributed by atoms with van der Waals surface area (Å²) in [5.41, 5.74) is 8.13. The number of hydrogen-bond donors (Lipinski definition) is 1. The molecule has 3 aromatic carbocycles. The summed E-state index contributed by atoms with van der Waals surface area (Å²) >= 11 is 0. The van der Waals surface area contributed by atoms with Crippen molar-refractivity contribution < 1.29 is 32.2 Å². The molecule has 1 aliphatic rings. The number of nitrogens with two attached hydrogens (primary N) is 1. The number of amides is 1. The summed E-state index contributed by atoms with van der Waals surface area (Å²) in [5, 5.41) is 0. The molecule has 0 saturated heterocycles. The molecule has 0 spiro atoms. The van der Waals surface area contributed by atoms with Crippen LogP contribution in [0.1, 0.15) is 17.2 Å². The number of rotatable bonds is 10. The topological polar surface area (TPSA) is 128 Å². The van der Waals surface area contributed by atoms with Crippen LogP contribution < -0.4 is 24.4 Å². The first kappa shape index (κ1) is 26.8. The summed E-state index contributed by atoms with van der Waals surface area (Å²) in [6.45, 7) is -0.123. The third-order valence-corrected chi connectivity index (χ3v) is 8.22. The quantitative estimate of drug-likeness (QED) is 0.390. The van der Waals surface area contributed by atoms with Crippen molar-refractivity contribution >= 4 is 33.3 Å². The summed E-state index contributed by atoms with van der Waals surface area (Å²) in [6, 6.07) is 17.3. The number of sulfonamides is 1. The fraction of sp³-hybridized carbons (Fsp3) is 0.259.